The quantitative estimate of drug-likeness (QED) is 0.653. The Kier molecular flexibility index (Phi) is 4.07. The third kappa shape index (κ3) is 2.75. The molecule has 98 valence electrons. The second-order valence-electron chi connectivity index (χ2n) is 4.81. The molecule has 5 heteroatoms. The van der Waals surface area contributed by atoms with E-state index < -0.39 is 0 Å². The van der Waals surface area contributed by atoms with E-state index in [0.29, 0.717) is 22.4 Å². The van der Waals surface area contributed by atoms with Gasteiger partial charge in [0, 0.05) is 11.8 Å². The Labute approximate surface area is 112 Å². The Morgan fingerprint density at radius 2 is 2.22 bits per heavy atom. The summed E-state index contributed by atoms with van der Waals surface area (Å²) in [5, 5.41) is 7.78. The summed E-state index contributed by atoms with van der Waals surface area (Å²) >= 11 is 6.16. The smallest absolute Gasteiger partial charge is 0.233 e. The van der Waals surface area contributed by atoms with Crippen molar-refractivity contribution in [1.82, 2.24) is 4.98 Å². The van der Waals surface area contributed by atoms with Crippen molar-refractivity contribution in [1.29, 1.82) is 5.41 Å². The fourth-order valence-electron chi connectivity index (χ4n) is 2.32. The molecule has 1 saturated carbocycles. The van der Waals surface area contributed by atoms with Gasteiger partial charge in [-0.15, -0.1) is 0 Å². The highest BCUT2D eigenvalue weighted by Crippen LogP contribution is 2.31. The number of ether oxygens (including phenoxy) is 1. The van der Waals surface area contributed by atoms with E-state index in [-0.39, 0.29) is 11.9 Å². The summed E-state index contributed by atoms with van der Waals surface area (Å²) in [6.45, 7) is 2.19. The van der Waals surface area contributed by atoms with E-state index >= 15 is 0 Å². The number of hydrogen-bond acceptors (Lipinski definition) is 3. The number of nitrogens with one attached hydrogen (secondary N) is 1. The molecule has 1 aromatic heterocycles. The van der Waals surface area contributed by atoms with Crippen LogP contribution in [-0.2, 0) is 0 Å². The number of nitrogens with zero attached hydrogens (tertiary/aromatic N) is 1. The molecule has 3 N–H and O–H groups in total. The van der Waals surface area contributed by atoms with Gasteiger partial charge in [-0.3, -0.25) is 5.41 Å². The maximum absolute atomic E-state index is 7.44. The molecule has 0 spiro atoms. The first kappa shape index (κ1) is 13.1. The van der Waals surface area contributed by atoms with Crippen LogP contribution in [0.25, 0.3) is 0 Å². The normalized spacial score (nSPS) is 23.7. The molecule has 18 heavy (non-hydrogen) atoms. The zero-order valence-corrected chi connectivity index (χ0v) is 11.2. The minimum absolute atomic E-state index is 0.0658. The van der Waals surface area contributed by atoms with Crippen LogP contribution in [0.4, 0.5) is 0 Å². The van der Waals surface area contributed by atoms with Crippen molar-refractivity contribution in [2.24, 2.45) is 11.7 Å². The minimum Gasteiger partial charge on any atom is -0.473 e. The van der Waals surface area contributed by atoms with Crippen molar-refractivity contribution in [2.75, 3.05) is 0 Å². The summed E-state index contributed by atoms with van der Waals surface area (Å²) in [6.07, 6.45) is 6.38. The van der Waals surface area contributed by atoms with E-state index in [9.17, 15) is 0 Å². The summed E-state index contributed by atoms with van der Waals surface area (Å²) in [4.78, 5) is 4.14. The molecule has 0 radical (unpaired) electrons. The van der Waals surface area contributed by atoms with Crippen molar-refractivity contribution in [3.63, 3.8) is 0 Å². The third-order valence-electron chi connectivity index (χ3n) is 3.44. The molecular formula is C13H18ClN3O. The average molecular weight is 268 g/mol. The van der Waals surface area contributed by atoms with Gasteiger partial charge in [0.05, 0.1) is 0 Å². The number of nitrogens with two attached hydrogens (primary N) is 1. The second kappa shape index (κ2) is 5.57. The number of rotatable bonds is 3. The molecule has 1 aliphatic rings. The standard InChI is InChI=1S/C13H18ClN3O/c1-8-4-2-3-5-10(8)18-13-11(14)9(12(15)16)6-7-17-13/h6-8,10H,2-5H2,1H3,(H3,15,16). The van der Waals surface area contributed by atoms with Crippen molar-refractivity contribution >= 4 is 17.4 Å². The van der Waals surface area contributed by atoms with Gasteiger partial charge in [-0.2, -0.15) is 0 Å². The second-order valence-corrected chi connectivity index (χ2v) is 5.19. The highest BCUT2D eigenvalue weighted by atomic mass is 35.5. The predicted molar refractivity (Wildman–Crippen MR) is 72.3 cm³/mol. The first-order valence-electron chi connectivity index (χ1n) is 6.25. The zero-order valence-electron chi connectivity index (χ0n) is 10.4. The Morgan fingerprint density at radius 1 is 1.50 bits per heavy atom. The van der Waals surface area contributed by atoms with Crippen molar-refractivity contribution in [3.05, 3.63) is 22.8 Å². The van der Waals surface area contributed by atoms with Gasteiger partial charge < -0.3 is 10.5 Å². The fraction of sp³-hybridized carbons (Fsp3) is 0.538. The first-order chi connectivity index (χ1) is 8.59. The first-order valence-corrected chi connectivity index (χ1v) is 6.63. The number of amidine groups is 1. The SMILES string of the molecule is CC1CCCCC1Oc1nccc(C(=N)N)c1Cl. The molecule has 1 aromatic rings. The lowest BCUT2D eigenvalue weighted by Crippen LogP contribution is -2.29. The molecule has 0 aromatic carbocycles. The number of halogens is 1. The van der Waals surface area contributed by atoms with Gasteiger partial charge in [0.25, 0.3) is 0 Å². The van der Waals surface area contributed by atoms with Crippen molar-refractivity contribution in [3.8, 4) is 5.88 Å². The molecule has 0 saturated heterocycles. The lowest BCUT2D eigenvalue weighted by Gasteiger charge is -2.29. The van der Waals surface area contributed by atoms with Crippen LogP contribution < -0.4 is 10.5 Å². The van der Waals surface area contributed by atoms with Crippen LogP contribution >= 0.6 is 11.6 Å². The third-order valence-corrected chi connectivity index (χ3v) is 3.81. The number of pyridine rings is 1. The van der Waals surface area contributed by atoms with Gasteiger partial charge in [0.2, 0.25) is 5.88 Å². The molecule has 0 bridgehead atoms. The fourth-order valence-corrected chi connectivity index (χ4v) is 2.57. The molecule has 1 fully saturated rings. The maximum atomic E-state index is 7.44. The van der Waals surface area contributed by atoms with Gasteiger partial charge in [0.1, 0.15) is 17.0 Å². The number of nitrogen functional groups attached to an aromatic ring is 1. The summed E-state index contributed by atoms with van der Waals surface area (Å²) in [7, 11) is 0. The average Bonchev–Trinajstić information content (AvgIpc) is 2.34. The van der Waals surface area contributed by atoms with E-state index in [1.54, 1.807) is 12.3 Å². The van der Waals surface area contributed by atoms with Crippen LogP contribution in [0.15, 0.2) is 12.3 Å². The summed E-state index contributed by atoms with van der Waals surface area (Å²) in [5.74, 6) is 0.838. The van der Waals surface area contributed by atoms with Gasteiger partial charge >= 0.3 is 0 Å². The molecule has 2 atom stereocenters. The van der Waals surface area contributed by atoms with E-state index in [4.69, 9.17) is 27.5 Å². The van der Waals surface area contributed by atoms with E-state index in [1.807, 2.05) is 0 Å². The Balaban J connectivity index is 2.18. The lowest BCUT2D eigenvalue weighted by molar-refractivity contribution is 0.0977. The Morgan fingerprint density at radius 3 is 2.89 bits per heavy atom. The van der Waals surface area contributed by atoms with Crippen LogP contribution in [0.5, 0.6) is 5.88 Å². The number of hydrogen-bond donors (Lipinski definition) is 2. The Bertz CT molecular complexity index is 450. The van der Waals surface area contributed by atoms with Gasteiger partial charge in [-0.1, -0.05) is 24.9 Å². The van der Waals surface area contributed by atoms with Crippen LogP contribution in [0.3, 0.4) is 0 Å². The van der Waals surface area contributed by atoms with E-state index in [2.05, 4.69) is 11.9 Å². The monoisotopic (exact) mass is 267 g/mol. The molecule has 0 aliphatic heterocycles. The molecule has 4 nitrogen and oxygen atoms in total. The van der Waals surface area contributed by atoms with E-state index in [0.717, 1.165) is 6.42 Å². The maximum Gasteiger partial charge on any atom is 0.233 e. The summed E-state index contributed by atoms with van der Waals surface area (Å²) in [5.41, 5.74) is 5.94. The van der Waals surface area contributed by atoms with Gasteiger partial charge in [-0.05, 0) is 31.2 Å². The van der Waals surface area contributed by atoms with Gasteiger partial charge in [-0.25, -0.2) is 4.98 Å². The topological polar surface area (TPSA) is 72.0 Å². The van der Waals surface area contributed by atoms with Crippen LogP contribution in [0.2, 0.25) is 5.02 Å². The molecule has 0 amide bonds. The molecule has 1 aliphatic carbocycles. The van der Waals surface area contributed by atoms with Gasteiger partial charge in [0.15, 0.2) is 0 Å². The molecular weight excluding hydrogens is 250 g/mol. The van der Waals surface area contributed by atoms with Crippen LogP contribution in [0.1, 0.15) is 38.2 Å². The highest BCUT2D eigenvalue weighted by Gasteiger charge is 2.24. The minimum atomic E-state index is -0.0658. The lowest BCUT2D eigenvalue weighted by atomic mass is 9.88. The highest BCUT2D eigenvalue weighted by molar-refractivity contribution is 6.35. The molecule has 2 rings (SSSR count). The van der Waals surface area contributed by atoms with E-state index in [1.165, 1.54) is 19.3 Å². The molecule has 2 unspecified atom stereocenters. The zero-order chi connectivity index (χ0) is 13.1. The summed E-state index contributed by atoms with van der Waals surface area (Å²) in [6, 6.07) is 1.63. The summed E-state index contributed by atoms with van der Waals surface area (Å²) < 4.78 is 5.89. The van der Waals surface area contributed by atoms with Crippen LogP contribution in [-0.4, -0.2) is 16.9 Å². The van der Waals surface area contributed by atoms with Crippen molar-refractivity contribution < 1.29 is 4.74 Å². The predicted octanol–water partition coefficient (Wildman–Crippen LogP) is 2.98. The largest absolute Gasteiger partial charge is 0.473 e. The number of aromatic nitrogens is 1. The van der Waals surface area contributed by atoms with Crippen LogP contribution in [0, 0.1) is 11.3 Å². The molecule has 1 heterocycles. The Hall–Kier alpha value is -1.29. The van der Waals surface area contributed by atoms with Crippen molar-refractivity contribution in [2.45, 2.75) is 38.7 Å².